The fraction of sp³-hybridized carbons (Fsp3) is 0.633. The van der Waals surface area contributed by atoms with E-state index in [-0.39, 0.29) is 30.4 Å². The molecular formula is C30H45NO6Si. The molecule has 0 spiro atoms. The van der Waals surface area contributed by atoms with Gasteiger partial charge in [-0.15, -0.1) is 0 Å². The standard InChI is InChI=1S/C30H45NO6Si/c1-5-6-14-25-19-28(32)35-15-9-7-8-11-23-12-10-13-24(18-23)22-37-26-20-27(31(21-26)29(25)33)30(34)36-16-17-38(2,3)4/h8,10-13,18,25-27H,5-7,9,14-17,19-22H2,1-4H3/b11-8+/t25-,26-,27+/m1/s1. The van der Waals surface area contributed by atoms with Crippen molar-refractivity contribution in [3.63, 3.8) is 0 Å². The number of fused-ring (bicyclic) bond motifs is 4. The summed E-state index contributed by atoms with van der Waals surface area (Å²) in [6.45, 7) is 10.2. The van der Waals surface area contributed by atoms with E-state index in [1.165, 1.54) is 0 Å². The molecule has 3 rings (SSSR count). The maximum atomic E-state index is 13.8. The smallest absolute Gasteiger partial charge is 0.328 e. The van der Waals surface area contributed by atoms with Crippen molar-refractivity contribution in [3.8, 4) is 0 Å². The van der Waals surface area contributed by atoms with Gasteiger partial charge in [-0.05, 0) is 42.5 Å². The van der Waals surface area contributed by atoms with Gasteiger partial charge in [-0.1, -0.05) is 69.8 Å². The number of carbonyl (C=O) groups excluding carboxylic acids is 3. The molecule has 7 nitrogen and oxygen atoms in total. The zero-order valence-electron chi connectivity index (χ0n) is 23.6. The van der Waals surface area contributed by atoms with E-state index in [9.17, 15) is 14.4 Å². The first-order valence-electron chi connectivity index (χ1n) is 14.2. The van der Waals surface area contributed by atoms with Crippen LogP contribution < -0.4 is 0 Å². The first-order valence-corrected chi connectivity index (χ1v) is 17.9. The van der Waals surface area contributed by atoms with Crippen molar-refractivity contribution in [1.82, 2.24) is 4.90 Å². The minimum Gasteiger partial charge on any atom is -0.466 e. The predicted molar refractivity (Wildman–Crippen MR) is 151 cm³/mol. The average Bonchev–Trinajstić information content (AvgIpc) is 3.30. The molecule has 210 valence electrons. The number of ether oxygens (including phenoxy) is 3. The monoisotopic (exact) mass is 543 g/mol. The van der Waals surface area contributed by atoms with E-state index >= 15 is 0 Å². The molecule has 8 heteroatoms. The zero-order valence-corrected chi connectivity index (χ0v) is 24.6. The lowest BCUT2D eigenvalue weighted by atomic mass is 9.96. The van der Waals surface area contributed by atoms with Gasteiger partial charge in [0.15, 0.2) is 0 Å². The van der Waals surface area contributed by atoms with Gasteiger partial charge >= 0.3 is 11.9 Å². The molecule has 0 saturated carbocycles. The molecule has 1 aromatic carbocycles. The van der Waals surface area contributed by atoms with E-state index in [2.05, 4.69) is 44.8 Å². The number of rotatable bonds is 7. The van der Waals surface area contributed by atoms with Crippen LogP contribution in [0.3, 0.4) is 0 Å². The zero-order chi connectivity index (χ0) is 27.5. The average molecular weight is 544 g/mol. The van der Waals surface area contributed by atoms with Gasteiger partial charge in [0.1, 0.15) is 6.04 Å². The van der Waals surface area contributed by atoms with Crippen molar-refractivity contribution < 1.29 is 28.6 Å². The highest BCUT2D eigenvalue weighted by Gasteiger charge is 2.43. The lowest BCUT2D eigenvalue weighted by Crippen LogP contribution is -2.45. The molecule has 3 atom stereocenters. The number of allylic oxidation sites excluding steroid dienone is 1. The van der Waals surface area contributed by atoms with Crippen molar-refractivity contribution in [3.05, 3.63) is 41.5 Å². The maximum Gasteiger partial charge on any atom is 0.328 e. The lowest BCUT2D eigenvalue weighted by molar-refractivity contribution is -0.156. The first kappa shape index (κ1) is 30.1. The van der Waals surface area contributed by atoms with Crippen LogP contribution in [0, 0.1) is 5.92 Å². The molecule has 38 heavy (non-hydrogen) atoms. The summed E-state index contributed by atoms with van der Waals surface area (Å²) in [6, 6.07) is 8.31. The van der Waals surface area contributed by atoms with Crippen LogP contribution in [0.15, 0.2) is 30.3 Å². The Hall–Kier alpha value is -2.45. The van der Waals surface area contributed by atoms with Crippen LogP contribution >= 0.6 is 0 Å². The minimum absolute atomic E-state index is 0.0264. The van der Waals surface area contributed by atoms with Crippen molar-refractivity contribution in [2.45, 2.75) is 96.3 Å². The molecule has 0 N–H and O–H groups in total. The van der Waals surface area contributed by atoms with E-state index in [0.29, 0.717) is 39.2 Å². The first-order chi connectivity index (χ1) is 18.2. The Labute approximate surface area is 228 Å². The summed E-state index contributed by atoms with van der Waals surface area (Å²) in [5.74, 6) is -1.44. The van der Waals surface area contributed by atoms with E-state index < -0.39 is 20.0 Å². The highest BCUT2D eigenvalue weighted by atomic mass is 28.3. The number of hydrogen-bond acceptors (Lipinski definition) is 6. The maximum absolute atomic E-state index is 13.8. The van der Waals surface area contributed by atoms with E-state index in [4.69, 9.17) is 14.2 Å². The van der Waals surface area contributed by atoms with Gasteiger partial charge in [0.25, 0.3) is 0 Å². The van der Waals surface area contributed by atoms with Crippen molar-refractivity contribution in [1.29, 1.82) is 0 Å². The fourth-order valence-electron chi connectivity index (χ4n) is 4.80. The Morgan fingerprint density at radius 2 is 2.03 bits per heavy atom. The summed E-state index contributed by atoms with van der Waals surface area (Å²) in [4.78, 5) is 41.2. The Morgan fingerprint density at radius 3 is 2.79 bits per heavy atom. The second-order valence-electron chi connectivity index (χ2n) is 11.7. The summed E-state index contributed by atoms with van der Waals surface area (Å²) in [5.41, 5.74) is 2.12. The number of unbranched alkanes of at least 4 members (excludes halogenated alkanes) is 1. The van der Waals surface area contributed by atoms with Crippen LogP contribution in [0.25, 0.3) is 6.08 Å². The Kier molecular flexibility index (Phi) is 11.6. The highest BCUT2D eigenvalue weighted by Crippen LogP contribution is 2.28. The summed E-state index contributed by atoms with van der Waals surface area (Å²) in [7, 11) is -1.37. The third-order valence-corrected chi connectivity index (χ3v) is 8.81. The third-order valence-electron chi connectivity index (χ3n) is 7.11. The number of amides is 1. The number of carbonyl (C=O) groups is 3. The molecule has 2 aliphatic heterocycles. The van der Waals surface area contributed by atoms with Crippen LogP contribution in [0.2, 0.25) is 25.7 Å². The molecule has 1 aromatic rings. The summed E-state index contributed by atoms with van der Waals surface area (Å²) >= 11 is 0. The van der Waals surface area contributed by atoms with Crippen molar-refractivity contribution >= 4 is 32.0 Å². The molecule has 1 fully saturated rings. The Morgan fingerprint density at radius 1 is 1.21 bits per heavy atom. The Bertz CT molecular complexity index is 972. The van der Waals surface area contributed by atoms with Gasteiger partial charge in [-0.25, -0.2) is 4.79 Å². The van der Waals surface area contributed by atoms with Crippen LogP contribution in [0.5, 0.6) is 0 Å². The second-order valence-corrected chi connectivity index (χ2v) is 17.3. The highest BCUT2D eigenvalue weighted by molar-refractivity contribution is 6.76. The largest absolute Gasteiger partial charge is 0.466 e. The molecule has 0 unspecified atom stereocenters. The number of cyclic esters (lactones) is 1. The van der Waals surface area contributed by atoms with Gasteiger partial charge in [-0.2, -0.15) is 0 Å². The molecule has 2 heterocycles. The quantitative estimate of drug-likeness (QED) is 0.329. The van der Waals surface area contributed by atoms with Crippen molar-refractivity contribution in [2.75, 3.05) is 19.8 Å². The summed E-state index contributed by atoms with van der Waals surface area (Å²) < 4.78 is 17.4. The van der Waals surface area contributed by atoms with Gasteiger partial charge in [0.05, 0.1) is 32.3 Å². The SMILES string of the molecule is CCCC[C@@H]1CC(=O)OCCC/C=C/c2cccc(c2)CO[C@@H]2C[C@@H](C(=O)OCC[Si](C)(C)C)N(C2)C1=O. The van der Waals surface area contributed by atoms with Crippen LogP contribution in [-0.4, -0.2) is 62.7 Å². The van der Waals surface area contributed by atoms with Gasteiger partial charge in [0.2, 0.25) is 5.91 Å². The van der Waals surface area contributed by atoms with Crippen molar-refractivity contribution in [2.24, 2.45) is 5.92 Å². The number of hydrogen-bond donors (Lipinski definition) is 0. The molecule has 1 saturated heterocycles. The number of esters is 2. The Balaban J connectivity index is 1.82. The van der Waals surface area contributed by atoms with E-state index in [0.717, 1.165) is 42.9 Å². The molecule has 0 aromatic heterocycles. The van der Waals surface area contributed by atoms with Crippen LogP contribution in [0.1, 0.15) is 63.0 Å². The molecule has 4 bridgehead atoms. The number of nitrogens with zero attached hydrogens (tertiary/aromatic N) is 1. The van der Waals surface area contributed by atoms with E-state index in [1.54, 1.807) is 4.90 Å². The molecule has 1 amide bonds. The molecule has 2 aliphatic rings. The van der Waals surface area contributed by atoms with Gasteiger partial charge < -0.3 is 19.1 Å². The summed E-state index contributed by atoms with van der Waals surface area (Å²) in [6.07, 6.45) is 8.11. The van der Waals surface area contributed by atoms with Crippen LogP contribution in [0.4, 0.5) is 0 Å². The molecular weight excluding hydrogens is 498 g/mol. The topological polar surface area (TPSA) is 82.1 Å². The van der Waals surface area contributed by atoms with Gasteiger partial charge in [-0.3, -0.25) is 9.59 Å². The normalized spacial score (nSPS) is 24.3. The predicted octanol–water partition coefficient (Wildman–Crippen LogP) is 5.60. The molecule has 0 radical (unpaired) electrons. The number of benzene rings is 1. The van der Waals surface area contributed by atoms with Crippen LogP contribution in [-0.2, 0) is 35.2 Å². The van der Waals surface area contributed by atoms with E-state index in [1.807, 2.05) is 18.2 Å². The summed E-state index contributed by atoms with van der Waals surface area (Å²) in [5, 5.41) is 0. The van der Waals surface area contributed by atoms with Gasteiger partial charge in [0, 0.05) is 27.0 Å². The molecule has 0 aliphatic carbocycles. The minimum atomic E-state index is -1.37. The lowest BCUT2D eigenvalue weighted by Gasteiger charge is -2.27. The fourth-order valence-corrected chi connectivity index (χ4v) is 5.52. The second kappa shape index (κ2) is 14.6. The third kappa shape index (κ3) is 9.69.